The highest BCUT2D eigenvalue weighted by Crippen LogP contribution is 2.25. The van der Waals surface area contributed by atoms with Crippen LogP contribution in [0.25, 0.3) is 0 Å². The van der Waals surface area contributed by atoms with Crippen LogP contribution in [0, 0.1) is 5.92 Å². The summed E-state index contributed by atoms with van der Waals surface area (Å²) in [5.41, 5.74) is 0. The van der Waals surface area contributed by atoms with Crippen molar-refractivity contribution in [3.8, 4) is 0 Å². The maximum absolute atomic E-state index is 12.8. The van der Waals surface area contributed by atoms with Gasteiger partial charge in [0.2, 0.25) is 0 Å². The summed E-state index contributed by atoms with van der Waals surface area (Å²) in [6, 6.07) is -0.610. The van der Waals surface area contributed by atoms with E-state index in [4.69, 9.17) is 4.74 Å². The van der Waals surface area contributed by atoms with Crippen molar-refractivity contribution < 1.29 is 23.1 Å². The van der Waals surface area contributed by atoms with Crippen LogP contribution in [0.3, 0.4) is 0 Å². The monoisotopic (exact) mass is 320 g/mol. The van der Waals surface area contributed by atoms with Gasteiger partial charge in [-0.25, -0.2) is 0 Å². The number of hydrogen-bond acceptors (Lipinski definition) is 4. The highest BCUT2D eigenvalue weighted by Gasteiger charge is 2.43. The van der Waals surface area contributed by atoms with Crippen LogP contribution in [0.4, 0.5) is 0 Å². The molecule has 0 spiro atoms. The molecule has 122 valence electrons. The van der Waals surface area contributed by atoms with Gasteiger partial charge in [-0.1, -0.05) is 19.8 Å². The number of carboxylic acids is 1. The molecule has 0 saturated carbocycles. The molecule has 2 atom stereocenters. The second-order valence-corrected chi connectivity index (χ2v) is 7.45. The molecule has 0 aromatic carbocycles. The lowest BCUT2D eigenvalue weighted by Gasteiger charge is -2.33. The molecule has 0 bridgehead atoms. The molecule has 2 fully saturated rings. The minimum atomic E-state index is -3.62. The Morgan fingerprint density at radius 3 is 2.38 bits per heavy atom. The minimum absolute atomic E-state index is 0.0754. The third-order valence-electron chi connectivity index (χ3n) is 4.24. The molecule has 0 aromatic heterocycles. The Labute approximate surface area is 126 Å². The normalized spacial score (nSPS) is 28.7. The van der Waals surface area contributed by atoms with E-state index in [1.807, 2.05) is 0 Å². The summed E-state index contributed by atoms with van der Waals surface area (Å²) in [6.07, 6.45) is 3.81. The molecule has 2 heterocycles. The van der Waals surface area contributed by atoms with Gasteiger partial charge in [0.05, 0.1) is 25.2 Å². The molecule has 0 amide bonds. The van der Waals surface area contributed by atoms with Crippen molar-refractivity contribution in [3.05, 3.63) is 0 Å². The second-order valence-electron chi connectivity index (χ2n) is 5.57. The van der Waals surface area contributed by atoms with Crippen LogP contribution in [0.1, 0.15) is 32.6 Å². The van der Waals surface area contributed by atoms with Gasteiger partial charge < -0.3 is 9.84 Å². The third kappa shape index (κ3) is 3.56. The van der Waals surface area contributed by atoms with Gasteiger partial charge in [-0.3, -0.25) is 4.79 Å². The summed E-state index contributed by atoms with van der Waals surface area (Å²) < 4.78 is 33.7. The molecule has 2 aliphatic heterocycles. The smallest absolute Gasteiger partial charge is 0.310 e. The lowest BCUT2D eigenvalue weighted by Crippen LogP contribution is -2.52. The van der Waals surface area contributed by atoms with E-state index in [1.165, 1.54) is 8.61 Å². The summed E-state index contributed by atoms with van der Waals surface area (Å²) in [5.74, 6) is -1.78. The van der Waals surface area contributed by atoms with Crippen molar-refractivity contribution in [1.82, 2.24) is 8.61 Å². The van der Waals surface area contributed by atoms with E-state index in [1.54, 1.807) is 6.92 Å². The first-order valence-electron chi connectivity index (χ1n) is 7.56. The lowest BCUT2D eigenvalue weighted by molar-refractivity contribution is -0.142. The average Bonchev–Trinajstić information content (AvgIpc) is 2.73. The van der Waals surface area contributed by atoms with Crippen LogP contribution in [0.2, 0.25) is 0 Å². The van der Waals surface area contributed by atoms with Crippen LogP contribution in [-0.4, -0.2) is 67.0 Å². The first kappa shape index (κ1) is 16.7. The molecule has 0 aliphatic carbocycles. The van der Waals surface area contributed by atoms with Crippen molar-refractivity contribution in [2.75, 3.05) is 32.8 Å². The van der Waals surface area contributed by atoms with E-state index >= 15 is 0 Å². The van der Waals surface area contributed by atoms with Gasteiger partial charge in [0.15, 0.2) is 0 Å². The Balaban J connectivity index is 2.20. The Morgan fingerprint density at radius 1 is 1.24 bits per heavy atom. The van der Waals surface area contributed by atoms with Crippen LogP contribution in [0.15, 0.2) is 0 Å². The first-order valence-corrected chi connectivity index (χ1v) is 8.95. The van der Waals surface area contributed by atoms with Crippen molar-refractivity contribution >= 4 is 16.2 Å². The molecule has 7 nitrogen and oxygen atoms in total. The number of rotatable bonds is 5. The fraction of sp³-hybridized carbons (Fsp3) is 0.923. The summed E-state index contributed by atoms with van der Waals surface area (Å²) in [4.78, 5) is 11.3. The first-order chi connectivity index (χ1) is 9.98. The fourth-order valence-corrected chi connectivity index (χ4v) is 4.94. The lowest BCUT2D eigenvalue weighted by atomic mass is 10.0. The Kier molecular flexibility index (Phi) is 5.59. The molecule has 21 heavy (non-hydrogen) atoms. The Hall–Kier alpha value is -0.700. The van der Waals surface area contributed by atoms with E-state index in [-0.39, 0.29) is 19.8 Å². The molecule has 2 aliphatic rings. The Morgan fingerprint density at radius 2 is 1.86 bits per heavy atom. The summed E-state index contributed by atoms with van der Waals surface area (Å²) in [7, 11) is -3.62. The second kappa shape index (κ2) is 7.04. The van der Waals surface area contributed by atoms with E-state index in [0.717, 1.165) is 25.7 Å². The van der Waals surface area contributed by atoms with Gasteiger partial charge >= 0.3 is 5.97 Å². The molecular weight excluding hydrogens is 296 g/mol. The Bertz CT molecular complexity index is 459. The SMILES string of the molecule is CCN(C1COCC1C(=O)O)S(=O)(=O)N1CCCCCC1. The van der Waals surface area contributed by atoms with Crippen LogP contribution in [0.5, 0.6) is 0 Å². The van der Waals surface area contributed by atoms with Gasteiger partial charge in [-0.15, -0.1) is 0 Å². The summed E-state index contributed by atoms with van der Waals surface area (Å²) in [5, 5.41) is 9.23. The molecule has 8 heteroatoms. The molecule has 2 unspecified atom stereocenters. The number of carboxylic acid groups (broad SMARTS) is 1. The summed E-state index contributed by atoms with van der Waals surface area (Å²) >= 11 is 0. The van der Waals surface area contributed by atoms with E-state index in [0.29, 0.717) is 13.1 Å². The van der Waals surface area contributed by atoms with Crippen molar-refractivity contribution in [2.24, 2.45) is 5.92 Å². The zero-order chi connectivity index (χ0) is 15.5. The zero-order valence-corrected chi connectivity index (χ0v) is 13.2. The molecule has 1 N–H and O–H groups in total. The van der Waals surface area contributed by atoms with Crippen molar-refractivity contribution in [3.63, 3.8) is 0 Å². The predicted octanol–water partition coefficient (Wildman–Crippen LogP) is 0.529. The topological polar surface area (TPSA) is 87.1 Å². The standard InChI is InChI=1S/C13H24N2O5S/c1-2-15(12-10-20-9-11(12)13(16)17)21(18,19)14-7-5-3-4-6-8-14/h11-12H,2-10H2,1H3,(H,16,17). The molecule has 0 aromatic rings. The number of hydrogen-bond donors (Lipinski definition) is 1. The van der Waals surface area contributed by atoms with Crippen LogP contribution in [-0.2, 0) is 19.7 Å². The molecule has 2 saturated heterocycles. The fourth-order valence-electron chi connectivity index (χ4n) is 3.05. The number of ether oxygens (including phenoxy) is 1. The van der Waals surface area contributed by atoms with Gasteiger partial charge in [0.25, 0.3) is 10.2 Å². The van der Waals surface area contributed by atoms with Gasteiger partial charge in [-0.2, -0.15) is 17.0 Å². The summed E-state index contributed by atoms with van der Waals surface area (Å²) in [6.45, 7) is 3.27. The largest absolute Gasteiger partial charge is 0.481 e. The number of carbonyl (C=O) groups is 1. The van der Waals surface area contributed by atoms with Crippen molar-refractivity contribution in [1.29, 1.82) is 0 Å². The number of nitrogens with zero attached hydrogens (tertiary/aromatic N) is 2. The molecule has 2 rings (SSSR count). The van der Waals surface area contributed by atoms with E-state index in [9.17, 15) is 18.3 Å². The maximum Gasteiger partial charge on any atom is 0.310 e. The minimum Gasteiger partial charge on any atom is -0.481 e. The highest BCUT2D eigenvalue weighted by molar-refractivity contribution is 7.86. The third-order valence-corrected chi connectivity index (χ3v) is 6.38. The maximum atomic E-state index is 12.8. The van der Waals surface area contributed by atoms with Crippen molar-refractivity contribution in [2.45, 2.75) is 38.6 Å². The van der Waals surface area contributed by atoms with Crippen LogP contribution >= 0.6 is 0 Å². The molecule has 0 radical (unpaired) electrons. The molecular formula is C13H24N2O5S. The van der Waals surface area contributed by atoms with E-state index in [2.05, 4.69) is 0 Å². The zero-order valence-electron chi connectivity index (χ0n) is 12.4. The predicted molar refractivity (Wildman–Crippen MR) is 77.1 cm³/mol. The number of likely N-dealkylation sites (N-methyl/N-ethyl adjacent to an activating group) is 1. The van der Waals surface area contributed by atoms with Gasteiger partial charge in [-0.05, 0) is 12.8 Å². The quantitative estimate of drug-likeness (QED) is 0.798. The average molecular weight is 320 g/mol. The highest BCUT2D eigenvalue weighted by atomic mass is 32.2. The van der Waals surface area contributed by atoms with E-state index < -0.39 is 28.1 Å². The van der Waals surface area contributed by atoms with Gasteiger partial charge in [0, 0.05) is 19.6 Å². The number of aliphatic carboxylic acids is 1. The van der Waals surface area contributed by atoms with Gasteiger partial charge in [0.1, 0.15) is 0 Å². The van der Waals surface area contributed by atoms with Crippen LogP contribution < -0.4 is 0 Å².